The first kappa shape index (κ1) is 26.7. The zero-order chi connectivity index (χ0) is 27.6. The van der Waals surface area contributed by atoms with E-state index in [0.717, 1.165) is 61.9 Å². The summed E-state index contributed by atoms with van der Waals surface area (Å²) < 4.78 is 0. The van der Waals surface area contributed by atoms with Crippen LogP contribution in [0.1, 0.15) is 50.3 Å². The first-order chi connectivity index (χ1) is 18.9. The van der Waals surface area contributed by atoms with E-state index in [1.165, 1.54) is 27.9 Å². The van der Waals surface area contributed by atoms with Crippen LogP contribution in [-0.4, -0.2) is 42.1 Å². The van der Waals surface area contributed by atoms with Gasteiger partial charge in [-0.3, -0.25) is 0 Å². The number of anilines is 2. The fourth-order valence-electron chi connectivity index (χ4n) is 6.21. The Morgan fingerprint density at radius 1 is 1.05 bits per heavy atom. The van der Waals surface area contributed by atoms with E-state index in [9.17, 15) is 0 Å². The van der Waals surface area contributed by atoms with E-state index in [0.29, 0.717) is 0 Å². The van der Waals surface area contributed by atoms with Gasteiger partial charge in [0.25, 0.3) is 0 Å². The highest BCUT2D eigenvalue weighted by Gasteiger charge is 2.42. The smallest absolute Gasteiger partial charge is 0.230 e. The molecule has 1 aromatic heterocycles. The molecule has 5 nitrogen and oxygen atoms in total. The van der Waals surface area contributed by atoms with Crippen LogP contribution in [0.15, 0.2) is 91.1 Å². The number of hydrogen-bond acceptors (Lipinski definition) is 5. The minimum atomic E-state index is 0.0945. The lowest BCUT2D eigenvalue weighted by atomic mass is 9.64. The molecule has 0 unspecified atom stereocenters. The molecule has 1 fully saturated rings. The summed E-state index contributed by atoms with van der Waals surface area (Å²) in [5.41, 5.74) is 8.73. The van der Waals surface area contributed by atoms with Crippen molar-refractivity contribution in [3.63, 3.8) is 0 Å². The molecule has 39 heavy (non-hydrogen) atoms. The summed E-state index contributed by atoms with van der Waals surface area (Å²) in [5.74, 6) is 1.80. The van der Waals surface area contributed by atoms with Gasteiger partial charge in [-0.25, -0.2) is 9.97 Å². The number of allylic oxidation sites excluding steroid dienone is 3. The second kappa shape index (κ2) is 11.1. The highest BCUT2D eigenvalue weighted by Crippen LogP contribution is 2.48. The van der Waals surface area contributed by atoms with Gasteiger partial charge < -0.3 is 14.7 Å². The average molecular weight is 520 g/mol. The summed E-state index contributed by atoms with van der Waals surface area (Å²) in [6.07, 6.45) is 12.5. The van der Waals surface area contributed by atoms with E-state index in [-0.39, 0.29) is 5.41 Å². The molecule has 5 heteroatoms. The summed E-state index contributed by atoms with van der Waals surface area (Å²) >= 11 is 0. The molecule has 1 saturated heterocycles. The SMILES string of the molecule is C=C(N1CCC2(CC1)Cc1cnc(N(C)C(C=CC)=CC)nc1-c1ccccc12)N(C)c1cccc(CC)c1. The Bertz CT molecular complexity index is 1410. The number of likely N-dealkylation sites (N-methyl/N-ethyl adjacent to an activating group) is 1. The fourth-order valence-corrected chi connectivity index (χ4v) is 6.21. The van der Waals surface area contributed by atoms with Gasteiger partial charge in [-0.05, 0) is 74.4 Å². The van der Waals surface area contributed by atoms with E-state index >= 15 is 0 Å². The summed E-state index contributed by atoms with van der Waals surface area (Å²) in [4.78, 5) is 16.7. The third-order valence-corrected chi connectivity index (χ3v) is 8.63. The van der Waals surface area contributed by atoms with Crippen LogP contribution in [0.2, 0.25) is 0 Å². The lowest BCUT2D eigenvalue weighted by Gasteiger charge is -2.47. The van der Waals surface area contributed by atoms with Crippen LogP contribution < -0.4 is 9.80 Å². The number of fused-ring (bicyclic) bond motifs is 4. The topological polar surface area (TPSA) is 35.5 Å². The number of aromatic nitrogens is 2. The number of hydrogen-bond donors (Lipinski definition) is 0. The Morgan fingerprint density at radius 3 is 2.54 bits per heavy atom. The van der Waals surface area contributed by atoms with E-state index in [1.807, 2.05) is 27.0 Å². The Balaban J connectivity index is 1.39. The molecule has 0 saturated carbocycles. The number of rotatable bonds is 7. The molecular formula is C34H41N5. The van der Waals surface area contributed by atoms with Crippen molar-refractivity contribution < 1.29 is 0 Å². The van der Waals surface area contributed by atoms with Crippen LogP contribution in [0.4, 0.5) is 11.6 Å². The molecule has 0 bridgehead atoms. The molecule has 2 aliphatic rings. The quantitative estimate of drug-likeness (QED) is 0.311. The highest BCUT2D eigenvalue weighted by molar-refractivity contribution is 5.73. The summed E-state index contributed by atoms with van der Waals surface area (Å²) in [6, 6.07) is 17.7. The van der Waals surface area contributed by atoms with Crippen molar-refractivity contribution in [2.75, 3.05) is 37.0 Å². The molecule has 1 aliphatic carbocycles. The summed E-state index contributed by atoms with van der Waals surface area (Å²) in [5, 5.41) is 0. The van der Waals surface area contributed by atoms with Crippen LogP contribution in [0, 0.1) is 0 Å². The lowest BCUT2D eigenvalue weighted by Crippen LogP contribution is -2.47. The van der Waals surface area contributed by atoms with Gasteiger partial charge in [0.05, 0.1) is 5.69 Å². The Kier molecular flexibility index (Phi) is 7.60. The number of piperidine rings is 1. The van der Waals surface area contributed by atoms with E-state index in [4.69, 9.17) is 9.97 Å². The molecule has 2 heterocycles. The molecule has 0 atom stereocenters. The second-order valence-electron chi connectivity index (χ2n) is 10.8. The summed E-state index contributed by atoms with van der Waals surface area (Å²) in [7, 11) is 4.17. The molecule has 1 spiro atoms. The lowest BCUT2D eigenvalue weighted by molar-refractivity contribution is 0.189. The molecule has 1 aliphatic heterocycles. The first-order valence-corrected chi connectivity index (χ1v) is 14.2. The molecule has 2 aromatic carbocycles. The molecule has 0 amide bonds. The standard InChI is InChI=1S/C34H41N5/c1-7-13-28(9-3)38(6)33-35-24-27-23-34(31-17-11-10-16-30(31)32(27)36-33)18-20-39(21-19-34)25(4)37(5)29-15-12-14-26(8-2)22-29/h7,9-17,22,24H,4,8,18-21,23H2,1-3,5-6H3. The minimum Gasteiger partial charge on any atom is -0.358 e. The normalized spacial score (nSPS) is 16.2. The zero-order valence-corrected chi connectivity index (χ0v) is 24.1. The maximum Gasteiger partial charge on any atom is 0.230 e. The number of likely N-dealkylation sites (tertiary alicyclic amines) is 1. The van der Waals surface area contributed by atoms with Crippen molar-refractivity contribution in [3.05, 3.63) is 108 Å². The van der Waals surface area contributed by atoms with Crippen LogP contribution in [-0.2, 0) is 18.3 Å². The maximum absolute atomic E-state index is 5.11. The molecule has 0 radical (unpaired) electrons. The third-order valence-electron chi connectivity index (χ3n) is 8.63. The van der Waals surface area contributed by atoms with E-state index in [1.54, 1.807) is 0 Å². The Hall–Kier alpha value is -3.86. The van der Waals surface area contributed by atoms with Crippen molar-refractivity contribution >= 4 is 11.6 Å². The van der Waals surface area contributed by atoms with Gasteiger partial charge in [0.2, 0.25) is 5.95 Å². The van der Waals surface area contributed by atoms with Crippen molar-refractivity contribution in [2.45, 2.75) is 51.9 Å². The van der Waals surface area contributed by atoms with Crippen molar-refractivity contribution in [2.24, 2.45) is 0 Å². The van der Waals surface area contributed by atoms with Crippen molar-refractivity contribution in [1.29, 1.82) is 0 Å². The van der Waals surface area contributed by atoms with Gasteiger partial charge in [0.15, 0.2) is 0 Å². The van der Waals surface area contributed by atoms with Gasteiger partial charge in [-0.2, -0.15) is 0 Å². The minimum absolute atomic E-state index is 0.0945. The predicted octanol–water partition coefficient (Wildman–Crippen LogP) is 7.12. The molecule has 5 rings (SSSR count). The van der Waals surface area contributed by atoms with Gasteiger partial charge >= 0.3 is 0 Å². The van der Waals surface area contributed by atoms with Gasteiger partial charge in [0, 0.05) is 55.7 Å². The number of benzene rings is 2. The largest absolute Gasteiger partial charge is 0.358 e. The predicted molar refractivity (Wildman–Crippen MR) is 164 cm³/mol. The van der Waals surface area contributed by atoms with Crippen LogP contribution in [0.25, 0.3) is 11.3 Å². The average Bonchev–Trinajstić information content (AvgIpc) is 2.99. The summed E-state index contributed by atoms with van der Waals surface area (Å²) in [6.45, 7) is 12.7. The highest BCUT2D eigenvalue weighted by atomic mass is 15.3. The third kappa shape index (κ3) is 4.98. The second-order valence-corrected chi connectivity index (χ2v) is 10.8. The van der Waals surface area contributed by atoms with Crippen LogP contribution in [0.3, 0.4) is 0 Å². The van der Waals surface area contributed by atoms with Crippen molar-refractivity contribution in [3.8, 4) is 11.3 Å². The maximum atomic E-state index is 5.11. The molecule has 202 valence electrons. The Morgan fingerprint density at radius 2 is 1.82 bits per heavy atom. The monoisotopic (exact) mass is 519 g/mol. The van der Waals surface area contributed by atoms with E-state index in [2.05, 4.69) is 102 Å². The van der Waals surface area contributed by atoms with Gasteiger partial charge in [-0.15, -0.1) is 0 Å². The molecular weight excluding hydrogens is 478 g/mol. The molecule has 0 N–H and O–H groups in total. The number of nitrogens with zero attached hydrogens (tertiary/aromatic N) is 5. The van der Waals surface area contributed by atoms with Gasteiger partial charge in [-0.1, -0.05) is 62.1 Å². The molecule has 3 aromatic rings. The van der Waals surface area contributed by atoms with Gasteiger partial charge in [0.1, 0.15) is 5.82 Å². The van der Waals surface area contributed by atoms with E-state index < -0.39 is 0 Å². The first-order valence-electron chi connectivity index (χ1n) is 14.2. The zero-order valence-electron chi connectivity index (χ0n) is 24.1. The fraction of sp³-hybridized carbons (Fsp3) is 0.353. The van der Waals surface area contributed by atoms with Crippen molar-refractivity contribution in [1.82, 2.24) is 14.9 Å². The van der Waals surface area contributed by atoms with Crippen LogP contribution >= 0.6 is 0 Å². The van der Waals surface area contributed by atoms with Crippen LogP contribution in [0.5, 0.6) is 0 Å². The number of aryl methyl sites for hydroxylation is 1. The Labute approximate surface area is 234 Å².